The molecule has 8 heteroatoms. The first-order valence-corrected chi connectivity index (χ1v) is 7.81. The highest BCUT2D eigenvalue weighted by Gasteiger charge is 2.28. The lowest BCUT2D eigenvalue weighted by Crippen LogP contribution is -2.50. The summed E-state index contributed by atoms with van der Waals surface area (Å²) in [5, 5.41) is 3.41. The summed E-state index contributed by atoms with van der Waals surface area (Å²) in [6, 6.07) is -0.192. The van der Waals surface area contributed by atoms with Crippen LogP contribution < -0.4 is 10.9 Å². The molecule has 3 rings (SSSR count). The fourth-order valence-corrected chi connectivity index (χ4v) is 3.72. The summed E-state index contributed by atoms with van der Waals surface area (Å²) in [6.07, 6.45) is 2.03. The summed E-state index contributed by atoms with van der Waals surface area (Å²) < 4.78 is 10.8. The van der Waals surface area contributed by atoms with Gasteiger partial charge in [0.15, 0.2) is 0 Å². The standard InChI is InChI=1S/C14H17N3O4S/c1-7-10-12(18)15-6-16-14(10)22-11(7)13(19)17-8-5-21-4-3-9(8)20-2/h6,8-9H,3-5H2,1-2H3,(H,17,19)(H,15,16,18)/t8-,9-/m1/s1. The van der Waals surface area contributed by atoms with Gasteiger partial charge in [-0.25, -0.2) is 4.98 Å². The van der Waals surface area contributed by atoms with Crippen LogP contribution in [0.4, 0.5) is 0 Å². The molecule has 1 saturated heterocycles. The molecule has 1 amide bonds. The summed E-state index contributed by atoms with van der Waals surface area (Å²) in [5.74, 6) is -0.225. The van der Waals surface area contributed by atoms with E-state index in [1.165, 1.54) is 17.7 Å². The maximum Gasteiger partial charge on any atom is 0.262 e. The summed E-state index contributed by atoms with van der Waals surface area (Å²) in [4.78, 5) is 32.1. The lowest BCUT2D eigenvalue weighted by atomic mass is 10.1. The van der Waals surface area contributed by atoms with E-state index in [9.17, 15) is 9.59 Å². The molecule has 2 atom stereocenters. The molecule has 7 nitrogen and oxygen atoms in total. The molecule has 0 bridgehead atoms. The fraction of sp³-hybridized carbons (Fsp3) is 0.500. The third-order valence-corrected chi connectivity index (χ3v) is 5.05. The molecular formula is C14H17N3O4S. The van der Waals surface area contributed by atoms with Crippen molar-refractivity contribution >= 4 is 27.5 Å². The highest BCUT2D eigenvalue weighted by molar-refractivity contribution is 7.20. The first-order chi connectivity index (χ1) is 10.6. The minimum Gasteiger partial charge on any atom is -0.379 e. The number of aromatic amines is 1. The zero-order chi connectivity index (χ0) is 15.7. The van der Waals surface area contributed by atoms with Crippen LogP contribution in [0.5, 0.6) is 0 Å². The molecule has 0 radical (unpaired) electrons. The second-order valence-corrected chi connectivity index (χ2v) is 6.18. The first kappa shape index (κ1) is 15.1. The minimum absolute atomic E-state index is 0.0612. The molecule has 0 unspecified atom stereocenters. The molecule has 0 aliphatic carbocycles. The SMILES string of the molecule is CO[C@@H]1CCOC[C@H]1NC(=O)c1sc2nc[nH]c(=O)c2c1C. The molecule has 2 aromatic heterocycles. The molecule has 2 aromatic rings. The van der Waals surface area contributed by atoms with Gasteiger partial charge >= 0.3 is 0 Å². The van der Waals surface area contributed by atoms with Crippen LogP contribution in [0.1, 0.15) is 21.7 Å². The molecule has 1 aliphatic heterocycles. The lowest BCUT2D eigenvalue weighted by molar-refractivity contribution is -0.0348. The van der Waals surface area contributed by atoms with Gasteiger partial charge < -0.3 is 19.8 Å². The van der Waals surface area contributed by atoms with E-state index in [2.05, 4.69) is 15.3 Å². The Kier molecular flexibility index (Phi) is 4.23. The van der Waals surface area contributed by atoms with Crippen molar-refractivity contribution in [3.63, 3.8) is 0 Å². The number of ether oxygens (including phenoxy) is 2. The van der Waals surface area contributed by atoms with Crippen molar-refractivity contribution in [3.8, 4) is 0 Å². The van der Waals surface area contributed by atoms with Gasteiger partial charge in [-0.15, -0.1) is 11.3 Å². The number of rotatable bonds is 3. The van der Waals surface area contributed by atoms with Gasteiger partial charge in [-0.1, -0.05) is 0 Å². The van der Waals surface area contributed by atoms with Crippen LogP contribution in [0, 0.1) is 6.92 Å². The maximum atomic E-state index is 12.5. The van der Waals surface area contributed by atoms with Crippen LogP contribution in [-0.4, -0.2) is 48.3 Å². The quantitative estimate of drug-likeness (QED) is 0.872. The van der Waals surface area contributed by atoms with Crippen molar-refractivity contribution in [2.75, 3.05) is 20.3 Å². The van der Waals surface area contributed by atoms with Gasteiger partial charge in [0.1, 0.15) is 4.83 Å². The molecule has 118 valence electrons. The van der Waals surface area contributed by atoms with Crippen molar-refractivity contribution in [3.05, 3.63) is 27.1 Å². The van der Waals surface area contributed by atoms with Crippen LogP contribution in [0.15, 0.2) is 11.1 Å². The van der Waals surface area contributed by atoms with Gasteiger partial charge in [-0.3, -0.25) is 9.59 Å². The second-order valence-electron chi connectivity index (χ2n) is 5.19. The van der Waals surface area contributed by atoms with E-state index in [4.69, 9.17) is 9.47 Å². The average Bonchev–Trinajstić information content (AvgIpc) is 2.86. The molecule has 3 heterocycles. The zero-order valence-electron chi connectivity index (χ0n) is 12.3. The highest BCUT2D eigenvalue weighted by atomic mass is 32.1. The van der Waals surface area contributed by atoms with Crippen molar-refractivity contribution in [1.82, 2.24) is 15.3 Å². The van der Waals surface area contributed by atoms with Crippen molar-refractivity contribution < 1.29 is 14.3 Å². The number of thiophene rings is 1. The number of amides is 1. The van der Waals surface area contributed by atoms with Crippen LogP contribution >= 0.6 is 11.3 Å². The molecule has 22 heavy (non-hydrogen) atoms. The number of nitrogens with one attached hydrogen (secondary N) is 2. The van der Waals surface area contributed by atoms with E-state index in [1.807, 2.05) is 0 Å². The predicted molar refractivity (Wildman–Crippen MR) is 82.5 cm³/mol. The Hall–Kier alpha value is -1.77. The number of aromatic nitrogens is 2. The van der Waals surface area contributed by atoms with E-state index < -0.39 is 0 Å². The van der Waals surface area contributed by atoms with Crippen molar-refractivity contribution in [1.29, 1.82) is 0 Å². The number of hydrogen-bond donors (Lipinski definition) is 2. The van der Waals surface area contributed by atoms with Crippen LogP contribution in [0.25, 0.3) is 10.2 Å². The van der Waals surface area contributed by atoms with E-state index in [-0.39, 0.29) is 23.6 Å². The van der Waals surface area contributed by atoms with E-state index in [0.717, 1.165) is 6.42 Å². The summed E-state index contributed by atoms with van der Waals surface area (Å²) in [5.41, 5.74) is 0.422. The molecule has 1 aliphatic rings. The third-order valence-electron chi connectivity index (χ3n) is 3.85. The third kappa shape index (κ3) is 2.65. The molecule has 1 fully saturated rings. The largest absolute Gasteiger partial charge is 0.379 e. The monoisotopic (exact) mass is 323 g/mol. The Morgan fingerprint density at radius 1 is 1.59 bits per heavy atom. The molecule has 0 saturated carbocycles. The molecule has 0 spiro atoms. The van der Waals surface area contributed by atoms with Gasteiger partial charge in [0.2, 0.25) is 0 Å². The Morgan fingerprint density at radius 2 is 2.41 bits per heavy atom. The lowest BCUT2D eigenvalue weighted by Gasteiger charge is -2.30. The number of nitrogens with zero attached hydrogens (tertiary/aromatic N) is 1. The Balaban J connectivity index is 1.88. The molecular weight excluding hydrogens is 306 g/mol. The van der Waals surface area contributed by atoms with E-state index in [1.54, 1.807) is 14.0 Å². The Bertz CT molecular complexity index is 754. The van der Waals surface area contributed by atoms with Crippen molar-refractivity contribution in [2.24, 2.45) is 0 Å². The summed E-state index contributed by atoms with van der Waals surface area (Å²) in [7, 11) is 1.63. The number of methoxy groups -OCH3 is 1. The normalized spacial score (nSPS) is 21.9. The summed E-state index contributed by atoms with van der Waals surface area (Å²) in [6.45, 7) is 2.81. The molecule has 2 N–H and O–H groups in total. The Labute approximate surface area is 130 Å². The number of carbonyl (C=O) groups is 1. The number of aryl methyl sites for hydroxylation is 1. The molecule has 0 aromatic carbocycles. The van der Waals surface area contributed by atoms with Gasteiger partial charge in [-0.05, 0) is 18.9 Å². The Morgan fingerprint density at radius 3 is 3.14 bits per heavy atom. The van der Waals surface area contributed by atoms with E-state index in [0.29, 0.717) is 33.9 Å². The van der Waals surface area contributed by atoms with Gasteiger partial charge in [0.25, 0.3) is 11.5 Å². The van der Waals surface area contributed by atoms with Gasteiger partial charge in [0.05, 0.1) is 35.3 Å². The second kappa shape index (κ2) is 6.15. The van der Waals surface area contributed by atoms with Crippen LogP contribution in [0.3, 0.4) is 0 Å². The number of fused-ring (bicyclic) bond motifs is 1. The van der Waals surface area contributed by atoms with Gasteiger partial charge in [0, 0.05) is 13.7 Å². The van der Waals surface area contributed by atoms with Gasteiger partial charge in [-0.2, -0.15) is 0 Å². The van der Waals surface area contributed by atoms with Crippen molar-refractivity contribution in [2.45, 2.75) is 25.5 Å². The predicted octanol–water partition coefficient (Wildman–Crippen LogP) is 0.827. The zero-order valence-corrected chi connectivity index (χ0v) is 13.2. The topological polar surface area (TPSA) is 93.3 Å². The maximum absolute atomic E-state index is 12.5. The number of hydrogen-bond acceptors (Lipinski definition) is 6. The average molecular weight is 323 g/mol. The van der Waals surface area contributed by atoms with Crippen LogP contribution in [-0.2, 0) is 9.47 Å². The highest BCUT2D eigenvalue weighted by Crippen LogP contribution is 2.26. The minimum atomic E-state index is -0.228. The fourth-order valence-electron chi connectivity index (χ4n) is 2.66. The number of carbonyl (C=O) groups excluding carboxylic acids is 1. The van der Waals surface area contributed by atoms with Crippen LogP contribution in [0.2, 0.25) is 0 Å². The smallest absolute Gasteiger partial charge is 0.262 e. The first-order valence-electron chi connectivity index (χ1n) is 7.00. The van der Waals surface area contributed by atoms with E-state index >= 15 is 0 Å². The summed E-state index contributed by atoms with van der Waals surface area (Å²) >= 11 is 1.22. The number of H-pyrrole nitrogens is 1.